The van der Waals surface area contributed by atoms with E-state index >= 15 is 0 Å². The van der Waals surface area contributed by atoms with Crippen LogP contribution in [0.5, 0.6) is 0 Å². The van der Waals surface area contributed by atoms with Gasteiger partial charge in [0.05, 0.1) is 6.26 Å². The minimum absolute atomic E-state index is 0.354. The number of aryl methyl sites for hydroxylation is 2. The zero-order chi connectivity index (χ0) is 15.6. The van der Waals surface area contributed by atoms with E-state index in [4.69, 9.17) is 16.0 Å². The molecule has 0 radical (unpaired) electrons. The van der Waals surface area contributed by atoms with Gasteiger partial charge < -0.3 is 9.40 Å². The summed E-state index contributed by atoms with van der Waals surface area (Å²) in [4.78, 5) is 16.4. The number of nitrogens with one attached hydrogen (secondary N) is 1. The van der Waals surface area contributed by atoms with Gasteiger partial charge in [-0.3, -0.25) is 0 Å². The highest BCUT2D eigenvalue weighted by molar-refractivity contribution is 6.33. The van der Waals surface area contributed by atoms with Crippen LogP contribution in [0.15, 0.2) is 53.1 Å². The molecular formula is C17H13ClN4O. The molecule has 4 rings (SSSR count). The summed E-state index contributed by atoms with van der Waals surface area (Å²) in [5, 5.41) is 0.354. The quantitative estimate of drug-likeness (QED) is 0.575. The van der Waals surface area contributed by atoms with Crippen LogP contribution >= 0.6 is 11.6 Å². The van der Waals surface area contributed by atoms with Crippen molar-refractivity contribution in [1.29, 1.82) is 0 Å². The Balaban J connectivity index is 1.64. The summed E-state index contributed by atoms with van der Waals surface area (Å²) in [6, 6.07) is 13.9. The summed E-state index contributed by atoms with van der Waals surface area (Å²) in [5.41, 5.74) is 2.43. The van der Waals surface area contributed by atoms with Gasteiger partial charge in [0.15, 0.2) is 22.4 Å². The maximum atomic E-state index is 6.25. The summed E-state index contributed by atoms with van der Waals surface area (Å²) in [5.74, 6) is 1.94. The number of furan rings is 1. The summed E-state index contributed by atoms with van der Waals surface area (Å²) < 4.78 is 5.34. The summed E-state index contributed by atoms with van der Waals surface area (Å²) in [6.07, 6.45) is 3.18. The van der Waals surface area contributed by atoms with Gasteiger partial charge in [-0.25, -0.2) is 15.0 Å². The number of H-pyrrole nitrogens is 1. The lowest BCUT2D eigenvalue weighted by Crippen LogP contribution is -1.99. The molecule has 0 aliphatic carbocycles. The van der Waals surface area contributed by atoms with E-state index in [1.54, 1.807) is 12.3 Å². The number of benzene rings is 1. The minimum atomic E-state index is 0.354. The molecule has 0 aliphatic heterocycles. The fourth-order valence-electron chi connectivity index (χ4n) is 2.45. The molecule has 23 heavy (non-hydrogen) atoms. The van der Waals surface area contributed by atoms with Gasteiger partial charge in [0, 0.05) is 6.42 Å². The van der Waals surface area contributed by atoms with Crippen molar-refractivity contribution in [1.82, 2.24) is 19.9 Å². The van der Waals surface area contributed by atoms with E-state index in [1.807, 2.05) is 24.3 Å². The number of aromatic nitrogens is 4. The Morgan fingerprint density at radius 1 is 0.957 bits per heavy atom. The number of hydrogen-bond acceptors (Lipinski definition) is 4. The maximum absolute atomic E-state index is 6.25. The second-order valence-electron chi connectivity index (χ2n) is 5.18. The lowest BCUT2D eigenvalue weighted by atomic mass is 10.1. The first-order valence-electron chi connectivity index (χ1n) is 7.29. The average molecular weight is 325 g/mol. The van der Waals surface area contributed by atoms with E-state index in [-0.39, 0.29) is 0 Å². The predicted molar refractivity (Wildman–Crippen MR) is 88.2 cm³/mol. The Hall–Kier alpha value is -2.66. The number of imidazole rings is 1. The molecule has 0 unspecified atom stereocenters. The molecule has 0 aliphatic rings. The van der Waals surface area contributed by atoms with Crippen molar-refractivity contribution < 1.29 is 4.42 Å². The van der Waals surface area contributed by atoms with Gasteiger partial charge in [-0.2, -0.15) is 0 Å². The van der Waals surface area contributed by atoms with E-state index in [1.165, 1.54) is 5.56 Å². The van der Waals surface area contributed by atoms with Gasteiger partial charge in [-0.15, -0.1) is 0 Å². The number of nitrogens with zero attached hydrogens (tertiary/aromatic N) is 3. The molecule has 0 atom stereocenters. The normalized spacial score (nSPS) is 11.2. The van der Waals surface area contributed by atoms with Gasteiger partial charge in [-0.05, 0) is 24.1 Å². The number of fused-ring (bicyclic) bond motifs is 1. The third-order valence-corrected chi connectivity index (χ3v) is 3.85. The Morgan fingerprint density at radius 3 is 2.61 bits per heavy atom. The highest BCUT2D eigenvalue weighted by Gasteiger charge is 2.13. The minimum Gasteiger partial charge on any atom is -0.461 e. The first-order valence-corrected chi connectivity index (χ1v) is 7.67. The largest absolute Gasteiger partial charge is 0.461 e. The molecule has 0 spiro atoms. The number of aromatic amines is 1. The van der Waals surface area contributed by atoms with Crippen LogP contribution < -0.4 is 0 Å². The Kier molecular flexibility index (Phi) is 3.55. The van der Waals surface area contributed by atoms with Gasteiger partial charge in [-0.1, -0.05) is 41.9 Å². The second-order valence-corrected chi connectivity index (χ2v) is 5.53. The van der Waals surface area contributed by atoms with Crippen molar-refractivity contribution in [3.63, 3.8) is 0 Å². The SMILES string of the molecule is Clc1nc(CCc2ccccc2)nc2[nH]c(-c3ccco3)nc12. The molecule has 3 heterocycles. The third-order valence-electron chi connectivity index (χ3n) is 3.58. The van der Waals surface area contributed by atoms with Crippen molar-refractivity contribution in [3.8, 4) is 11.6 Å². The zero-order valence-electron chi connectivity index (χ0n) is 12.2. The first-order chi connectivity index (χ1) is 11.3. The summed E-state index contributed by atoms with van der Waals surface area (Å²) in [6.45, 7) is 0. The lowest BCUT2D eigenvalue weighted by Gasteiger charge is -2.01. The average Bonchev–Trinajstić information content (AvgIpc) is 3.23. The Bertz CT molecular complexity index is 932. The van der Waals surface area contributed by atoms with Crippen LogP contribution in [0, 0.1) is 0 Å². The molecule has 4 aromatic rings. The fourth-order valence-corrected chi connectivity index (χ4v) is 2.68. The summed E-state index contributed by atoms with van der Waals surface area (Å²) in [7, 11) is 0. The Labute approximate surface area is 137 Å². The third kappa shape index (κ3) is 2.83. The van der Waals surface area contributed by atoms with Crippen molar-refractivity contribution in [2.75, 3.05) is 0 Å². The van der Waals surface area contributed by atoms with E-state index in [0.717, 1.165) is 12.8 Å². The molecule has 0 fully saturated rings. The molecule has 0 saturated carbocycles. The van der Waals surface area contributed by atoms with Crippen LogP contribution in [0.3, 0.4) is 0 Å². The number of halogens is 1. The topological polar surface area (TPSA) is 67.6 Å². The maximum Gasteiger partial charge on any atom is 0.175 e. The number of hydrogen-bond donors (Lipinski definition) is 1. The predicted octanol–water partition coefficient (Wildman–Crippen LogP) is 4.05. The number of rotatable bonds is 4. The molecule has 114 valence electrons. The lowest BCUT2D eigenvalue weighted by molar-refractivity contribution is 0.578. The van der Waals surface area contributed by atoms with Crippen LogP contribution in [0.1, 0.15) is 11.4 Å². The van der Waals surface area contributed by atoms with Crippen molar-refractivity contribution in [2.45, 2.75) is 12.8 Å². The smallest absolute Gasteiger partial charge is 0.175 e. The van der Waals surface area contributed by atoms with Crippen LogP contribution in [0.4, 0.5) is 0 Å². The molecule has 5 nitrogen and oxygen atoms in total. The summed E-state index contributed by atoms with van der Waals surface area (Å²) >= 11 is 6.25. The standard InChI is InChI=1S/C17H13ClN4O/c18-15-14-17(22-16(21-14)12-7-4-10-23-12)20-13(19-15)9-8-11-5-2-1-3-6-11/h1-7,10H,8-9H2,(H,19,20,21,22). The molecule has 3 aromatic heterocycles. The van der Waals surface area contributed by atoms with Gasteiger partial charge in [0.2, 0.25) is 0 Å². The van der Waals surface area contributed by atoms with Gasteiger partial charge in [0.1, 0.15) is 11.3 Å². The van der Waals surface area contributed by atoms with Crippen molar-refractivity contribution >= 4 is 22.8 Å². The van der Waals surface area contributed by atoms with Gasteiger partial charge >= 0.3 is 0 Å². The molecule has 1 N–H and O–H groups in total. The van der Waals surface area contributed by atoms with E-state index in [2.05, 4.69) is 32.1 Å². The molecule has 6 heteroatoms. The highest BCUT2D eigenvalue weighted by Crippen LogP contribution is 2.24. The van der Waals surface area contributed by atoms with Gasteiger partial charge in [0.25, 0.3) is 0 Å². The molecule has 0 saturated heterocycles. The molecule has 0 amide bonds. The van der Waals surface area contributed by atoms with E-state index in [0.29, 0.717) is 33.7 Å². The van der Waals surface area contributed by atoms with Crippen LogP contribution in [-0.2, 0) is 12.8 Å². The highest BCUT2D eigenvalue weighted by atomic mass is 35.5. The molecule has 1 aromatic carbocycles. The fraction of sp³-hybridized carbons (Fsp3) is 0.118. The van der Waals surface area contributed by atoms with Crippen LogP contribution in [0.25, 0.3) is 22.7 Å². The van der Waals surface area contributed by atoms with E-state index < -0.39 is 0 Å². The second kappa shape index (κ2) is 5.85. The first kappa shape index (κ1) is 14.0. The Morgan fingerprint density at radius 2 is 1.83 bits per heavy atom. The van der Waals surface area contributed by atoms with E-state index in [9.17, 15) is 0 Å². The molecule has 0 bridgehead atoms. The van der Waals surface area contributed by atoms with Crippen molar-refractivity contribution in [2.24, 2.45) is 0 Å². The van der Waals surface area contributed by atoms with Crippen LogP contribution in [-0.4, -0.2) is 19.9 Å². The zero-order valence-corrected chi connectivity index (χ0v) is 12.9. The van der Waals surface area contributed by atoms with Crippen molar-refractivity contribution in [3.05, 3.63) is 65.3 Å². The monoisotopic (exact) mass is 324 g/mol. The van der Waals surface area contributed by atoms with Crippen LogP contribution in [0.2, 0.25) is 5.15 Å². The molecular weight excluding hydrogens is 312 g/mol.